The lowest BCUT2D eigenvalue weighted by molar-refractivity contribution is -0.145. The molecular weight excluding hydrogens is 328 g/mol. The maximum Gasteiger partial charge on any atom is 0.331 e. The summed E-state index contributed by atoms with van der Waals surface area (Å²) < 4.78 is 5.16. The van der Waals surface area contributed by atoms with Gasteiger partial charge in [0.05, 0.1) is 12.5 Å². The number of carbonyl (C=O) groups is 2. The number of hydrogen-bond donors (Lipinski definition) is 1. The molecule has 0 radical (unpaired) electrons. The fourth-order valence-corrected chi connectivity index (χ4v) is 3.03. The summed E-state index contributed by atoms with van der Waals surface area (Å²) in [4.78, 5) is 25.4. The van der Waals surface area contributed by atoms with E-state index in [1.54, 1.807) is 19.1 Å². The molecule has 134 valence electrons. The molecule has 0 saturated carbocycles. The summed E-state index contributed by atoms with van der Waals surface area (Å²) in [5, 5.41) is 4.22. The summed E-state index contributed by atoms with van der Waals surface area (Å²) in [5.74, 6) is -1.08. The van der Waals surface area contributed by atoms with Crippen LogP contribution in [-0.4, -0.2) is 30.1 Å². The predicted molar refractivity (Wildman–Crippen MR) is 100 cm³/mol. The minimum Gasteiger partial charge on any atom is -0.464 e. The van der Waals surface area contributed by atoms with Gasteiger partial charge in [0.15, 0.2) is 6.04 Å². The number of nitrogens with zero attached hydrogens (tertiary/aromatic N) is 1. The van der Waals surface area contributed by atoms with Gasteiger partial charge in [-0.05, 0) is 26.3 Å². The van der Waals surface area contributed by atoms with E-state index in [4.69, 9.17) is 4.74 Å². The molecule has 2 aromatic rings. The van der Waals surface area contributed by atoms with Crippen molar-refractivity contribution in [1.82, 2.24) is 5.43 Å². The molecular formula is C21H22N2O3. The number of aryl methyl sites for hydroxylation is 2. The third-order valence-corrected chi connectivity index (χ3v) is 4.48. The molecule has 0 aliphatic carbocycles. The third kappa shape index (κ3) is 3.52. The summed E-state index contributed by atoms with van der Waals surface area (Å²) in [6.45, 7) is 5.99. The molecule has 2 atom stereocenters. The van der Waals surface area contributed by atoms with E-state index in [0.29, 0.717) is 11.3 Å². The van der Waals surface area contributed by atoms with Crippen molar-refractivity contribution in [3.63, 3.8) is 0 Å². The number of hydrazone groups is 1. The first-order valence-electron chi connectivity index (χ1n) is 8.69. The summed E-state index contributed by atoms with van der Waals surface area (Å²) in [5.41, 5.74) is 6.73. The van der Waals surface area contributed by atoms with Crippen molar-refractivity contribution in [2.75, 3.05) is 6.61 Å². The highest BCUT2D eigenvalue weighted by Gasteiger charge is 2.41. The number of benzene rings is 2. The highest BCUT2D eigenvalue weighted by atomic mass is 16.5. The van der Waals surface area contributed by atoms with Gasteiger partial charge in [-0.3, -0.25) is 10.2 Å². The second-order valence-corrected chi connectivity index (χ2v) is 6.44. The molecule has 26 heavy (non-hydrogen) atoms. The fourth-order valence-electron chi connectivity index (χ4n) is 3.03. The van der Waals surface area contributed by atoms with Crippen molar-refractivity contribution in [3.8, 4) is 0 Å². The molecule has 0 bridgehead atoms. The number of rotatable bonds is 5. The van der Waals surface area contributed by atoms with E-state index in [2.05, 4.69) is 10.5 Å². The monoisotopic (exact) mass is 350 g/mol. The Bertz CT molecular complexity index is 839. The van der Waals surface area contributed by atoms with Gasteiger partial charge in [0.2, 0.25) is 5.78 Å². The number of ketones is 1. The average molecular weight is 350 g/mol. The van der Waals surface area contributed by atoms with Crippen LogP contribution in [0.4, 0.5) is 0 Å². The van der Waals surface area contributed by atoms with Gasteiger partial charge in [-0.1, -0.05) is 59.7 Å². The van der Waals surface area contributed by atoms with Crippen LogP contribution in [0, 0.1) is 13.8 Å². The van der Waals surface area contributed by atoms with E-state index in [-0.39, 0.29) is 12.4 Å². The lowest BCUT2D eigenvalue weighted by Crippen LogP contribution is -2.38. The predicted octanol–water partition coefficient (Wildman–Crippen LogP) is 3.16. The number of esters is 1. The van der Waals surface area contributed by atoms with Crippen LogP contribution < -0.4 is 5.43 Å². The minimum atomic E-state index is -0.706. The quantitative estimate of drug-likeness (QED) is 0.664. The van der Waals surface area contributed by atoms with Crippen LogP contribution >= 0.6 is 0 Å². The van der Waals surface area contributed by atoms with Crippen molar-refractivity contribution in [2.45, 2.75) is 32.7 Å². The zero-order chi connectivity index (χ0) is 18.7. The molecule has 1 heterocycles. The van der Waals surface area contributed by atoms with E-state index in [9.17, 15) is 9.59 Å². The third-order valence-electron chi connectivity index (χ3n) is 4.48. The molecule has 0 amide bonds. The highest BCUT2D eigenvalue weighted by Crippen LogP contribution is 2.29. The topological polar surface area (TPSA) is 67.8 Å². The van der Waals surface area contributed by atoms with Gasteiger partial charge in [0, 0.05) is 5.56 Å². The molecule has 0 unspecified atom stereocenters. The van der Waals surface area contributed by atoms with Gasteiger partial charge >= 0.3 is 5.97 Å². The molecule has 0 aromatic heterocycles. The van der Waals surface area contributed by atoms with Crippen molar-refractivity contribution in [1.29, 1.82) is 0 Å². The van der Waals surface area contributed by atoms with Crippen molar-refractivity contribution in [2.24, 2.45) is 5.10 Å². The van der Waals surface area contributed by atoms with E-state index in [1.807, 2.05) is 50.2 Å². The second kappa shape index (κ2) is 7.52. The number of nitrogens with one attached hydrogen (secondary N) is 1. The molecule has 5 heteroatoms. The number of carbonyl (C=O) groups excluding carboxylic acids is 2. The Hall–Kier alpha value is -2.95. The maximum atomic E-state index is 13.0. The van der Waals surface area contributed by atoms with Crippen LogP contribution in [-0.2, 0) is 9.53 Å². The second-order valence-electron chi connectivity index (χ2n) is 6.44. The van der Waals surface area contributed by atoms with E-state index >= 15 is 0 Å². The van der Waals surface area contributed by atoms with E-state index in [0.717, 1.165) is 16.7 Å². The van der Waals surface area contributed by atoms with Crippen LogP contribution in [0.5, 0.6) is 0 Å². The van der Waals surface area contributed by atoms with Crippen LogP contribution in [0.3, 0.4) is 0 Å². The Morgan fingerprint density at radius 1 is 1.00 bits per heavy atom. The van der Waals surface area contributed by atoms with Crippen LogP contribution in [0.2, 0.25) is 0 Å². The smallest absolute Gasteiger partial charge is 0.331 e. The first kappa shape index (κ1) is 17.9. The first-order chi connectivity index (χ1) is 12.5. The largest absolute Gasteiger partial charge is 0.464 e. The highest BCUT2D eigenvalue weighted by molar-refractivity contribution is 6.48. The van der Waals surface area contributed by atoms with Crippen LogP contribution in [0.25, 0.3) is 0 Å². The Balaban J connectivity index is 1.97. The van der Waals surface area contributed by atoms with Gasteiger partial charge < -0.3 is 4.74 Å². The van der Waals surface area contributed by atoms with Crippen molar-refractivity contribution >= 4 is 17.5 Å². The van der Waals surface area contributed by atoms with E-state index < -0.39 is 17.9 Å². The Morgan fingerprint density at radius 2 is 1.58 bits per heavy atom. The first-order valence-corrected chi connectivity index (χ1v) is 8.69. The average Bonchev–Trinajstić information content (AvgIpc) is 3.08. The summed E-state index contributed by atoms with van der Waals surface area (Å²) >= 11 is 0. The zero-order valence-corrected chi connectivity index (χ0v) is 15.2. The van der Waals surface area contributed by atoms with E-state index in [1.165, 1.54) is 0 Å². The molecule has 2 aromatic carbocycles. The van der Waals surface area contributed by atoms with Gasteiger partial charge in [-0.15, -0.1) is 0 Å². The zero-order valence-electron chi connectivity index (χ0n) is 15.2. The molecule has 0 fully saturated rings. The number of ether oxygens (including phenoxy) is 1. The molecule has 5 nitrogen and oxygen atoms in total. The Morgan fingerprint density at radius 3 is 2.15 bits per heavy atom. The molecule has 1 aliphatic rings. The minimum absolute atomic E-state index is 0.185. The molecule has 1 N–H and O–H groups in total. The van der Waals surface area contributed by atoms with Gasteiger partial charge in [-0.2, -0.15) is 5.10 Å². The molecule has 0 saturated heterocycles. The summed E-state index contributed by atoms with van der Waals surface area (Å²) in [6, 6.07) is 14.4. The number of Topliss-reactive ketones (excluding diaryl/α,β-unsaturated/α-hetero) is 1. The molecule has 3 rings (SSSR count). The Kier molecular flexibility index (Phi) is 5.16. The lowest BCUT2D eigenvalue weighted by Gasteiger charge is -2.19. The number of hydrogen-bond acceptors (Lipinski definition) is 5. The molecule has 0 spiro atoms. The maximum absolute atomic E-state index is 13.0. The normalized spacial score (nSPS) is 18.8. The standard InChI is InChI=1S/C21H22N2O3/c1-4-26-21(25)19-17(15-9-5-13(2)6-10-15)18(22-23-19)20(24)16-11-7-14(3)8-12-16/h5-12,17,19,23H,4H2,1-3H3/t17-,19+/m1/s1. The van der Waals surface area contributed by atoms with Gasteiger partial charge in [-0.25, -0.2) is 4.79 Å². The fraction of sp³-hybridized carbons (Fsp3) is 0.286. The van der Waals surface area contributed by atoms with Crippen LogP contribution in [0.15, 0.2) is 53.6 Å². The van der Waals surface area contributed by atoms with Crippen LogP contribution in [0.1, 0.15) is 39.9 Å². The summed E-state index contributed by atoms with van der Waals surface area (Å²) in [7, 11) is 0. The Labute approximate surface area is 153 Å². The summed E-state index contributed by atoms with van der Waals surface area (Å²) in [6.07, 6.45) is 0. The lowest BCUT2D eigenvalue weighted by atomic mass is 9.85. The molecule has 1 aliphatic heterocycles. The SMILES string of the molecule is CCOC(=O)[C@H]1NN=C(C(=O)c2ccc(C)cc2)[C@H]1c1ccc(C)cc1. The van der Waals surface area contributed by atoms with Gasteiger partial charge in [0.25, 0.3) is 0 Å². The van der Waals surface area contributed by atoms with Crippen molar-refractivity contribution in [3.05, 3.63) is 70.8 Å². The van der Waals surface area contributed by atoms with Crippen molar-refractivity contribution < 1.29 is 14.3 Å². The van der Waals surface area contributed by atoms with Gasteiger partial charge in [0.1, 0.15) is 5.71 Å².